The van der Waals surface area contributed by atoms with E-state index in [0.717, 1.165) is 62.8 Å². The van der Waals surface area contributed by atoms with Crippen molar-refractivity contribution in [1.29, 1.82) is 0 Å². The number of carbonyl (C=O) groups excluding carboxylic acids is 1. The topological polar surface area (TPSA) is 86.9 Å². The summed E-state index contributed by atoms with van der Waals surface area (Å²) in [5.74, 6) is 1.59. The van der Waals surface area contributed by atoms with Crippen LogP contribution in [0.15, 0.2) is 47.6 Å². The summed E-state index contributed by atoms with van der Waals surface area (Å²) in [6, 6.07) is 12.8. The molecule has 2 aromatic rings. The van der Waals surface area contributed by atoms with Crippen molar-refractivity contribution in [2.45, 2.75) is 46.2 Å². The lowest BCUT2D eigenvalue weighted by Crippen LogP contribution is -2.39. The number of aryl methyl sites for hydroxylation is 1. The Balaban J connectivity index is 0.00000385. The van der Waals surface area contributed by atoms with Crippen molar-refractivity contribution in [3.05, 3.63) is 59.3 Å². The minimum atomic E-state index is -0.196. The fraction of sp³-hybridized carbons (Fsp3) is 0.480. The summed E-state index contributed by atoms with van der Waals surface area (Å²) in [4.78, 5) is 25.4. The number of pyridine rings is 1. The number of nitrogens with zero attached hydrogens (tertiary/aromatic N) is 4. The van der Waals surface area contributed by atoms with Gasteiger partial charge in [0.25, 0.3) is 0 Å². The van der Waals surface area contributed by atoms with E-state index in [1.54, 1.807) is 0 Å². The van der Waals surface area contributed by atoms with Crippen molar-refractivity contribution in [3.8, 4) is 0 Å². The van der Waals surface area contributed by atoms with Gasteiger partial charge in [0.1, 0.15) is 5.82 Å². The molecule has 3 rings (SSSR count). The molecular formula is C25H37IN6O. The number of aromatic nitrogens is 1. The van der Waals surface area contributed by atoms with Gasteiger partial charge in [-0.1, -0.05) is 37.3 Å². The first-order valence-corrected chi connectivity index (χ1v) is 11.6. The van der Waals surface area contributed by atoms with Gasteiger partial charge < -0.3 is 20.9 Å². The Morgan fingerprint density at radius 3 is 2.45 bits per heavy atom. The average Bonchev–Trinajstić information content (AvgIpc) is 2.82. The maximum absolute atomic E-state index is 11.5. The Kier molecular flexibility index (Phi) is 10.9. The van der Waals surface area contributed by atoms with E-state index in [9.17, 15) is 4.79 Å². The Bertz CT molecular complexity index is 909. The Hall–Kier alpha value is -2.36. The Labute approximate surface area is 214 Å². The first-order chi connectivity index (χ1) is 15.5. The molecule has 0 atom stereocenters. The fourth-order valence-corrected chi connectivity index (χ4v) is 4.07. The lowest BCUT2D eigenvalue weighted by molar-refractivity contribution is -0.122. The Morgan fingerprint density at radius 2 is 1.85 bits per heavy atom. The Morgan fingerprint density at radius 1 is 1.18 bits per heavy atom. The molecule has 1 saturated heterocycles. The molecule has 33 heavy (non-hydrogen) atoms. The third-order valence-electron chi connectivity index (χ3n) is 6.01. The maximum atomic E-state index is 11.5. The van der Waals surface area contributed by atoms with Gasteiger partial charge in [-0.2, -0.15) is 0 Å². The fourth-order valence-electron chi connectivity index (χ4n) is 4.07. The van der Waals surface area contributed by atoms with Crippen LogP contribution in [-0.2, 0) is 24.3 Å². The van der Waals surface area contributed by atoms with Crippen molar-refractivity contribution in [1.82, 2.24) is 15.2 Å². The van der Waals surface area contributed by atoms with Crippen LogP contribution < -0.4 is 16.0 Å². The van der Waals surface area contributed by atoms with Crippen LogP contribution >= 0.6 is 24.0 Å². The summed E-state index contributed by atoms with van der Waals surface area (Å²) < 4.78 is 0. The number of nitrogens with one attached hydrogen (secondary N) is 1. The second-order valence-electron chi connectivity index (χ2n) is 8.35. The number of aliphatic imine (C=N–C) groups is 1. The van der Waals surface area contributed by atoms with Gasteiger partial charge >= 0.3 is 0 Å². The quantitative estimate of drug-likeness (QED) is 0.291. The highest BCUT2D eigenvalue weighted by atomic mass is 127. The molecule has 1 aliphatic heterocycles. The van der Waals surface area contributed by atoms with Gasteiger partial charge in [-0.15, -0.1) is 24.0 Å². The number of guanidine groups is 1. The van der Waals surface area contributed by atoms with E-state index in [-0.39, 0.29) is 35.8 Å². The van der Waals surface area contributed by atoms with Crippen LogP contribution in [0.5, 0.6) is 0 Å². The van der Waals surface area contributed by atoms with Crippen LogP contribution in [0.25, 0.3) is 0 Å². The van der Waals surface area contributed by atoms with Crippen molar-refractivity contribution < 1.29 is 4.79 Å². The highest BCUT2D eigenvalue weighted by molar-refractivity contribution is 14.0. The number of halogens is 1. The van der Waals surface area contributed by atoms with Crippen LogP contribution in [0.2, 0.25) is 0 Å². The van der Waals surface area contributed by atoms with Crippen LogP contribution in [0.4, 0.5) is 5.82 Å². The first-order valence-electron chi connectivity index (χ1n) is 11.6. The van der Waals surface area contributed by atoms with Crippen LogP contribution in [0.1, 0.15) is 43.4 Å². The zero-order chi connectivity index (χ0) is 22.9. The molecule has 1 fully saturated rings. The number of hydrogen-bond acceptors (Lipinski definition) is 4. The van der Waals surface area contributed by atoms with E-state index in [4.69, 9.17) is 10.7 Å². The number of rotatable bonds is 8. The summed E-state index contributed by atoms with van der Waals surface area (Å²) in [5, 5.41) is 3.40. The van der Waals surface area contributed by atoms with E-state index in [2.05, 4.69) is 71.3 Å². The van der Waals surface area contributed by atoms with E-state index in [1.807, 2.05) is 12.3 Å². The van der Waals surface area contributed by atoms with Crippen molar-refractivity contribution in [2.24, 2.45) is 16.6 Å². The molecule has 1 amide bonds. The van der Waals surface area contributed by atoms with Gasteiger partial charge in [0, 0.05) is 50.9 Å². The van der Waals surface area contributed by atoms with Gasteiger partial charge in [-0.3, -0.25) is 4.79 Å². The van der Waals surface area contributed by atoms with E-state index >= 15 is 0 Å². The molecule has 1 aliphatic rings. The van der Waals surface area contributed by atoms with Gasteiger partial charge in [0.2, 0.25) is 5.91 Å². The number of primary amides is 1. The minimum Gasteiger partial charge on any atom is -0.369 e. The van der Waals surface area contributed by atoms with E-state index < -0.39 is 0 Å². The first kappa shape index (κ1) is 26.9. The number of carbonyl (C=O) groups is 1. The molecule has 0 bridgehead atoms. The lowest BCUT2D eigenvalue weighted by atomic mass is 9.96. The molecule has 0 saturated carbocycles. The summed E-state index contributed by atoms with van der Waals surface area (Å²) in [6.07, 6.45) is 4.42. The standard InChI is InChI=1S/C25H36N6O.HI/c1-4-19-8-10-20(11-9-19)18-30(3)25(27-5-2)29-17-22-7-6-14-28-24(22)31-15-12-21(13-16-31)23(26)32;/h6-11,14,21H,4-5,12-13,15-18H2,1-3H3,(H2,26,32)(H,27,29);1H. The lowest BCUT2D eigenvalue weighted by Gasteiger charge is -2.32. The second kappa shape index (κ2) is 13.4. The molecule has 0 radical (unpaired) electrons. The summed E-state index contributed by atoms with van der Waals surface area (Å²) in [6.45, 7) is 7.96. The molecule has 0 spiro atoms. The number of hydrogen-bond donors (Lipinski definition) is 2. The van der Waals surface area contributed by atoms with Crippen LogP contribution in [-0.4, -0.2) is 48.4 Å². The largest absolute Gasteiger partial charge is 0.369 e. The molecule has 1 aromatic carbocycles. The smallest absolute Gasteiger partial charge is 0.220 e. The normalized spacial score (nSPS) is 14.5. The number of nitrogens with two attached hydrogens (primary N) is 1. The second-order valence-corrected chi connectivity index (χ2v) is 8.35. The number of anilines is 1. The molecule has 0 aliphatic carbocycles. The number of piperidine rings is 1. The van der Waals surface area contributed by atoms with Crippen LogP contribution in [0.3, 0.4) is 0 Å². The van der Waals surface area contributed by atoms with Crippen molar-refractivity contribution in [2.75, 3.05) is 31.6 Å². The maximum Gasteiger partial charge on any atom is 0.220 e. The predicted molar refractivity (Wildman–Crippen MR) is 146 cm³/mol. The zero-order valence-electron chi connectivity index (χ0n) is 20.0. The highest BCUT2D eigenvalue weighted by Crippen LogP contribution is 2.25. The molecular weight excluding hydrogens is 527 g/mol. The molecule has 8 heteroatoms. The molecule has 2 heterocycles. The zero-order valence-corrected chi connectivity index (χ0v) is 22.3. The van der Waals surface area contributed by atoms with E-state index in [0.29, 0.717) is 6.54 Å². The predicted octanol–water partition coefficient (Wildman–Crippen LogP) is 3.56. The molecule has 3 N–H and O–H groups in total. The molecule has 0 unspecified atom stereocenters. The monoisotopic (exact) mass is 564 g/mol. The van der Waals surface area contributed by atoms with Crippen molar-refractivity contribution in [3.63, 3.8) is 0 Å². The molecule has 180 valence electrons. The third-order valence-corrected chi connectivity index (χ3v) is 6.01. The summed E-state index contributed by atoms with van der Waals surface area (Å²) >= 11 is 0. The van der Waals surface area contributed by atoms with Gasteiger partial charge in [0.15, 0.2) is 5.96 Å². The van der Waals surface area contributed by atoms with Gasteiger partial charge in [0.05, 0.1) is 6.54 Å². The van der Waals surface area contributed by atoms with Gasteiger partial charge in [-0.05, 0) is 43.4 Å². The van der Waals surface area contributed by atoms with Crippen molar-refractivity contribution >= 4 is 41.7 Å². The average molecular weight is 565 g/mol. The minimum absolute atomic E-state index is 0. The third kappa shape index (κ3) is 7.58. The van der Waals surface area contributed by atoms with Gasteiger partial charge in [-0.25, -0.2) is 9.98 Å². The molecule has 7 nitrogen and oxygen atoms in total. The number of benzene rings is 1. The molecule has 1 aromatic heterocycles. The summed E-state index contributed by atoms with van der Waals surface area (Å²) in [7, 11) is 2.06. The van der Waals surface area contributed by atoms with Crippen LogP contribution in [0, 0.1) is 5.92 Å². The summed E-state index contributed by atoms with van der Waals surface area (Å²) in [5.41, 5.74) is 9.18. The number of amides is 1. The SMILES string of the molecule is CCNC(=NCc1cccnc1N1CCC(C(N)=O)CC1)N(C)Cc1ccc(CC)cc1.I. The van der Waals surface area contributed by atoms with E-state index in [1.165, 1.54) is 11.1 Å². The highest BCUT2D eigenvalue weighted by Gasteiger charge is 2.25.